The number of rotatable bonds is 2. The van der Waals surface area contributed by atoms with Gasteiger partial charge in [-0.15, -0.1) is 6.58 Å². The van der Waals surface area contributed by atoms with Crippen molar-refractivity contribution in [1.29, 1.82) is 0 Å². The molecule has 14 heavy (non-hydrogen) atoms. The molecule has 2 fully saturated rings. The topological polar surface area (TPSA) is 37.4 Å². The molecular formula is C11H15NO2. The summed E-state index contributed by atoms with van der Waals surface area (Å²) in [6.07, 6.45) is 6.00. The SMILES string of the molecule is C=CCN1C(=O)CC2(CCCC2)C1=O. The molecule has 0 aromatic carbocycles. The summed E-state index contributed by atoms with van der Waals surface area (Å²) >= 11 is 0. The van der Waals surface area contributed by atoms with Crippen LogP contribution in [0.25, 0.3) is 0 Å². The molecule has 0 aromatic rings. The maximum atomic E-state index is 12.0. The lowest BCUT2D eigenvalue weighted by molar-refractivity contribution is -0.140. The first kappa shape index (κ1) is 9.44. The molecule has 1 heterocycles. The van der Waals surface area contributed by atoms with Crippen LogP contribution in [0, 0.1) is 5.41 Å². The number of likely N-dealkylation sites (tertiary alicyclic amines) is 1. The molecule has 0 unspecified atom stereocenters. The minimum Gasteiger partial charge on any atom is -0.278 e. The standard InChI is InChI=1S/C11H15NO2/c1-2-7-12-9(13)8-11(10(12)14)5-3-4-6-11/h2H,1,3-8H2. The maximum absolute atomic E-state index is 12.0. The highest BCUT2D eigenvalue weighted by Crippen LogP contribution is 2.46. The van der Waals surface area contributed by atoms with E-state index in [4.69, 9.17) is 0 Å². The summed E-state index contributed by atoms with van der Waals surface area (Å²) in [4.78, 5) is 24.9. The number of nitrogens with zero attached hydrogens (tertiary/aromatic N) is 1. The van der Waals surface area contributed by atoms with Crippen molar-refractivity contribution in [3.8, 4) is 0 Å². The third kappa shape index (κ3) is 1.19. The largest absolute Gasteiger partial charge is 0.278 e. The van der Waals surface area contributed by atoms with Crippen molar-refractivity contribution >= 4 is 11.8 Å². The van der Waals surface area contributed by atoms with E-state index in [1.807, 2.05) is 0 Å². The van der Waals surface area contributed by atoms with E-state index in [1.165, 1.54) is 4.90 Å². The van der Waals surface area contributed by atoms with Gasteiger partial charge < -0.3 is 0 Å². The van der Waals surface area contributed by atoms with Crippen molar-refractivity contribution in [3.63, 3.8) is 0 Å². The number of carbonyl (C=O) groups is 2. The maximum Gasteiger partial charge on any atom is 0.236 e. The number of imide groups is 1. The first-order chi connectivity index (χ1) is 6.69. The van der Waals surface area contributed by atoms with Crippen molar-refractivity contribution in [3.05, 3.63) is 12.7 Å². The van der Waals surface area contributed by atoms with Crippen LogP contribution in [0.15, 0.2) is 12.7 Å². The minimum absolute atomic E-state index is 0.0169. The number of hydrogen-bond donors (Lipinski definition) is 0. The zero-order valence-electron chi connectivity index (χ0n) is 8.29. The second-order valence-corrected chi connectivity index (χ2v) is 4.26. The lowest BCUT2D eigenvalue weighted by atomic mass is 9.84. The van der Waals surface area contributed by atoms with Gasteiger partial charge in [0.15, 0.2) is 0 Å². The highest BCUT2D eigenvalue weighted by Gasteiger charge is 2.51. The van der Waals surface area contributed by atoms with Crippen LogP contribution in [-0.4, -0.2) is 23.3 Å². The van der Waals surface area contributed by atoms with Gasteiger partial charge in [-0.1, -0.05) is 18.9 Å². The molecule has 1 saturated carbocycles. The first-order valence-electron chi connectivity index (χ1n) is 5.15. The van der Waals surface area contributed by atoms with E-state index >= 15 is 0 Å². The minimum atomic E-state index is -0.319. The van der Waals surface area contributed by atoms with Gasteiger partial charge in [-0.05, 0) is 12.8 Å². The molecule has 1 saturated heterocycles. The van der Waals surface area contributed by atoms with Gasteiger partial charge in [0.05, 0.1) is 5.41 Å². The molecule has 76 valence electrons. The second kappa shape index (κ2) is 3.23. The molecule has 0 bridgehead atoms. The lowest BCUT2D eigenvalue weighted by Crippen LogP contribution is -2.34. The average Bonchev–Trinajstić information content (AvgIpc) is 2.69. The molecule has 1 spiro atoms. The quantitative estimate of drug-likeness (QED) is 0.492. The van der Waals surface area contributed by atoms with E-state index in [-0.39, 0.29) is 17.2 Å². The van der Waals surface area contributed by atoms with Gasteiger partial charge in [0.2, 0.25) is 11.8 Å². The molecule has 0 radical (unpaired) electrons. The molecule has 1 aliphatic carbocycles. The molecular weight excluding hydrogens is 178 g/mol. The highest BCUT2D eigenvalue weighted by atomic mass is 16.2. The van der Waals surface area contributed by atoms with Crippen LogP contribution in [-0.2, 0) is 9.59 Å². The van der Waals surface area contributed by atoms with E-state index in [9.17, 15) is 9.59 Å². The summed E-state index contributed by atoms with van der Waals surface area (Å²) in [5, 5.41) is 0. The fourth-order valence-electron chi connectivity index (χ4n) is 2.62. The van der Waals surface area contributed by atoms with Crippen LogP contribution in [0.1, 0.15) is 32.1 Å². The van der Waals surface area contributed by atoms with Crippen LogP contribution >= 0.6 is 0 Å². The molecule has 0 aromatic heterocycles. The average molecular weight is 193 g/mol. The van der Waals surface area contributed by atoms with Gasteiger partial charge >= 0.3 is 0 Å². The highest BCUT2D eigenvalue weighted by molar-refractivity contribution is 6.06. The summed E-state index contributed by atoms with van der Waals surface area (Å²) in [6, 6.07) is 0. The Hall–Kier alpha value is -1.12. The first-order valence-corrected chi connectivity index (χ1v) is 5.15. The second-order valence-electron chi connectivity index (χ2n) is 4.26. The molecule has 0 N–H and O–H groups in total. The van der Waals surface area contributed by atoms with Crippen molar-refractivity contribution in [2.24, 2.45) is 5.41 Å². The van der Waals surface area contributed by atoms with Gasteiger partial charge in [-0.2, -0.15) is 0 Å². The van der Waals surface area contributed by atoms with E-state index in [1.54, 1.807) is 6.08 Å². The third-order valence-corrected chi connectivity index (χ3v) is 3.36. The number of hydrogen-bond acceptors (Lipinski definition) is 2. The summed E-state index contributed by atoms with van der Waals surface area (Å²) in [7, 11) is 0. The zero-order valence-corrected chi connectivity index (χ0v) is 8.29. The summed E-state index contributed by atoms with van der Waals surface area (Å²) in [6.45, 7) is 3.94. The molecule has 3 heteroatoms. The van der Waals surface area contributed by atoms with Crippen molar-refractivity contribution in [1.82, 2.24) is 4.90 Å². The van der Waals surface area contributed by atoms with E-state index in [0.717, 1.165) is 25.7 Å². The van der Waals surface area contributed by atoms with E-state index in [2.05, 4.69) is 6.58 Å². The number of amides is 2. The van der Waals surface area contributed by atoms with Gasteiger partial charge in [-0.3, -0.25) is 14.5 Å². The fourth-order valence-corrected chi connectivity index (χ4v) is 2.62. The molecule has 2 aliphatic rings. The van der Waals surface area contributed by atoms with Gasteiger partial charge in [0.1, 0.15) is 0 Å². The molecule has 1 aliphatic heterocycles. The zero-order chi connectivity index (χ0) is 10.2. The van der Waals surface area contributed by atoms with Crippen LogP contribution in [0.4, 0.5) is 0 Å². The lowest BCUT2D eigenvalue weighted by Gasteiger charge is -2.19. The van der Waals surface area contributed by atoms with Gasteiger partial charge in [0, 0.05) is 13.0 Å². The molecule has 2 amide bonds. The van der Waals surface area contributed by atoms with Crippen molar-refractivity contribution in [2.75, 3.05) is 6.54 Å². The Morgan fingerprint density at radius 2 is 2.00 bits per heavy atom. The summed E-state index contributed by atoms with van der Waals surface area (Å²) in [5.74, 6) is 0.0247. The van der Waals surface area contributed by atoms with E-state index < -0.39 is 0 Å². The normalized spacial score (nSPS) is 25.0. The molecule has 3 nitrogen and oxygen atoms in total. The van der Waals surface area contributed by atoms with Gasteiger partial charge in [0.25, 0.3) is 0 Å². The molecule has 0 atom stereocenters. The van der Waals surface area contributed by atoms with E-state index in [0.29, 0.717) is 13.0 Å². The van der Waals surface area contributed by atoms with Gasteiger partial charge in [-0.25, -0.2) is 0 Å². The van der Waals surface area contributed by atoms with Crippen molar-refractivity contribution in [2.45, 2.75) is 32.1 Å². The Morgan fingerprint density at radius 1 is 1.36 bits per heavy atom. The Kier molecular flexibility index (Phi) is 2.17. The predicted octanol–water partition coefficient (Wildman–Crippen LogP) is 1.49. The Labute approximate surface area is 83.8 Å². The van der Waals surface area contributed by atoms with Crippen LogP contribution < -0.4 is 0 Å². The third-order valence-electron chi connectivity index (χ3n) is 3.36. The predicted molar refractivity (Wildman–Crippen MR) is 52.4 cm³/mol. The summed E-state index contributed by atoms with van der Waals surface area (Å²) in [5.41, 5.74) is -0.319. The Morgan fingerprint density at radius 3 is 2.57 bits per heavy atom. The van der Waals surface area contributed by atoms with Crippen LogP contribution in [0.3, 0.4) is 0 Å². The fraction of sp³-hybridized carbons (Fsp3) is 0.636. The molecule has 2 rings (SSSR count). The van der Waals surface area contributed by atoms with Crippen LogP contribution in [0.2, 0.25) is 0 Å². The monoisotopic (exact) mass is 193 g/mol. The number of carbonyl (C=O) groups excluding carboxylic acids is 2. The summed E-state index contributed by atoms with van der Waals surface area (Å²) < 4.78 is 0. The Balaban J connectivity index is 2.21. The smallest absolute Gasteiger partial charge is 0.236 e. The van der Waals surface area contributed by atoms with Crippen LogP contribution in [0.5, 0.6) is 0 Å². The van der Waals surface area contributed by atoms with Crippen molar-refractivity contribution < 1.29 is 9.59 Å². The Bertz CT molecular complexity index is 290.